The molecule has 0 bridgehead atoms. The molecule has 3 rings (SSSR count). The Morgan fingerprint density at radius 3 is 2.00 bits per heavy atom. The molecule has 3 nitrogen and oxygen atoms in total. The zero-order valence-electron chi connectivity index (χ0n) is 14.1. The molecule has 0 N–H and O–H groups in total. The minimum Gasteiger partial charge on any atom is -0.295 e. The van der Waals surface area contributed by atoms with Crippen molar-refractivity contribution in [3.05, 3.63) is 70.8 Å². The van der Waals surface area contributed by atoms with Gasteiger partial charge < -0.3 is 0 Å². The molecule has 1 aliphatic heterocycles. The first-order chi connectivity index (χ1) is 11.2. The summed E-state index contributed by atoms with van der Waals surface area (Å²) in [6.07, 6.45) is 1.97. The van der Waals surface area contributed by atoms with Crippen LogP contribution in [0.25, 0.3) is 0 Å². The molecule has 0 atom stereocenters. The maximum atomic E-state index is 4.62. The fourth-order valence-electron chi connectivity index (χ4n) is 2.76. The van der Waals surface area contributed by atoms with Gasteiger partial charge in [0.2, 0.25) is 0 Å². The van der Waals surface area contributed by atoms with Gasteiger partial charge in [0.25, 0.3) is 0 Å². The van der Waals surface area contributed by atoms with Gasteiger partial charge in [0.05, 0.1) is 6.21 Å². The van der Waals surface area contributed by atoms with Gasteiger partial charge in [0, 0.05) is 32.7 Å². The topological polar surface area (TPSA) is 18.8 Å². The highest BCUT2D eigenvalue weighted by Gasteiger charge is 2.15. The summed E-state index contributed by atoms with van der Waals surface area (Å²) in [5.41, 5.74) is 5.17. The first-order valence-electron chi connectivity index (χ1n) is 8.32. The third-order valence-corrected chi connectivity index (χ3v) is 4.32. The fourth-order valence-corrected chi connectivity index (χ4v) is 2.76. The first kappa shape index (κ1) is 15.8. The van der Waals surface area contributed by atoms with Gasteiger partial charge in [-0.15, -0.1) is 0 Å². The number of hydrogen-bond donors (Lipinski definition) is 0. The summed E-state index contributed by atoms with van der Waals surface area (Å²) in [5.74, 6) is 0. The summed E-state index contributed by atoms with van der Waals surface area (Å²) in [5, 5.41) is 6.79. The summed E-state index contributed by atoms with van der Waals surface area (Å²) in [6.45, 7) is 9.40. The van der Waals surface area contributed by atoms with E-state index >= 15 is 0 Å². The lowest BCUT2D eigenvalue weighted by Crippen LogP contribution is -2.43. The SMILES string of the molecule is Cc1ccc(/C=N\N2CCN(Cc3ccc(C)cc3)CC2)cc1. The predicted molar refractivity (Wildman–Crippen MR) is 96.8 cm³/mol. The Hall–Kier alpha value is -2.13. The highest BCUT2D eigenvalue weighted by molar-refractivity contribution is 5.79. The molecule has 0 amide bonds. The molecular formula is C20H25N3. The van der Waals surface area contributed by atoms with E-state index in [1.807, 2.05) is 6.21 Å². The van der Waals surface area contributed by atoms with Crippen molar-refractivity contribution in [2.24, 2.45) is 5.10 Å². The number of hydrogen-bond acceptors (Lipinski definition) is 3. The summed E-state index contributed by atoms with van der Waals surface area (Å²) in [4.78, 5) is 2.50. The van der Waals surface area contributed by atoms with E-state index in [9.17, 15) is 0 Å². The molecule has 0 aliphatic carbocycles. The highest BCUT2D eigenvalue weighted by atomic mass is 15.5. The monoisotopic (exact) mass is 307 g/mol. The van der Waals surface area contributed by atoms with Crippen molar-refractivity contribution in [3.63, 3.8) is 0 Å². The molecule has 1 aliphatic rings. The van der Waals surface area contributed by atoms with Gasteiger partial charge in [-0.3, -0.25) is 9.91 Å². The molecule has 0 saturated carbocycles. The van der Waals surface area contributed by atoms with E-state index < -0.39 is 0 Å². The Bertz CT molecular complexity index is 636. The fraction of sp³-hybridized carbons (Fsp3) is 0.350. The van der Waals surface area contributed by atoms with Crippen LogP contribution in [0.5, 0.6) is 0 Å². The molecule has 0 unspecified atom stereocenters. The molecule has 3 heteroatoms. The van der Waals surface area contributed by atoms with Crippen LogP contribution in [0.4, 0.5) is 0 Å². The molecule has 120 valence electrons. The van der Waals surface area contributed by atoms with Crippen molar-refractivity contribution in [1.29, 1.82) is 0 Å². The van der Waals surface area contributed by atoms with Gasteiger partial charge in [-0.05, 0) is 25.0 Å². The average Bonchev–Trinajstić information content (AvgIpc) is 2.58. The van der Waals surface area contributed by atoms with Crippen molar-refractivity contribution in [2.45, 2.75) is 20.4 Å². The Morgan fingerprint density at radius 1 is 0.826 bits per heavy atom. The van der Waals surface area contributed by atoms with Crippen LogP contribution < -0.4 is 0 Å². The predicted octanol–water partition coefficient (Wildman–Crippen LogP) is 3.46. The van der Waals surface area contributed by atoms with Crippen LogP contribution >= 0.6 is 0 Å². The van der Waals surface area contributed by atoms with E-state index in [0.29, 0.717) is 0 Å². The van der Waals surface area contributed by atoms with E-state index in [-0.39, 0.29) is 0 Å². The second-order valence-electron chi connectivity index (χ2n) is 6.37. The van der Waals surface area contributed by atoms with Crippen LogP contribution in [0.3, 0.4) is 0 Å². The Labute approximate surface area is 139 Å². The molecule has 1 fully saturated rings. The highest BCUT2D eigenvalue weighted by Crippen LogP contribution is 2.10. The minimum absolute atomic E-state index is 0.994. The van der Waals surface area contributed by atoms with E-state index in [1.165, 1.54) is 16.7 Å². The molecule has 2 aromatic carbocycles. The number of benzene rings is 2. The molecule has 1 heterocycles. The van der Waals surface area contributed by atoms with E-state index in [0.717, 1.165) is 38.3 Å². The number of aryl methyl sites for hydroxylation is 2. The number of nitrogens with zero attached hydrogens (tertiary/aromatic N) is 3. The maximum Gasteiger partial charge on any atom is 0.0542 e. The third kappa shape index (κ3) is 4.67. The molecule has 23 heavy (non-hydrogen) atoms. The summed E-state index contributed by atoms with van der Waals surface area (Å²) < 4.78 is 0. The van der Waals surface area contributed by atoms with Crippen LogP contribution in [-0.2, 0) is 6.54 Å². The van der Waals surface area contributed by atoms with Crippen LogP contribution in [0.1, 0.15) is 22.3 Å². The third-order valence-electron chi connectivity index (χ3n) is 4.32. The molecule has 0 radical (unpaired) electrons. The first-order valence-corrected chi connectivity index (χ1v) is 8.32. The quantitative estimate of drug-likeness (QED) is 0.806. The van der Waals surface area contributed by atoms with Crippen molar-refractivity contribution in [2.75, 3.05) is 26.2 Å². The molecule has 2 aromatic rings. The standard InChI is InChI=1S/C20H25N3/c1-17-3-7-19(8-4-17)15-21-23-13-11-22(12-14-23)16-20-9-5-18(2)6-10-20/h3-10,15H,11-14,16H2,1-2H3/b21-15-. The Balaban J connectivity index is 1.48. The van der Waals surface area contributed by atoms with Gasteiger partial charge in [0.15, 0.2) is 0 Å². The van der Waals surface area contributed by atoms with Crippen molar-refractivity contribution >= 4 is 6.21 Å². The zero-order valence-corrected chi connectivity index (χ0v) is 14.1. The van der Waals surface area contributed by atoms with Crippen LogP contribution in [0.2, 0.25) is 0 Å². The van der Waals surface area contributed by atoms with Crippen molar-refractivity contribution in [1.82, 2.24) is 9.91 Å². The number of rotatable bonds is 4. The van der Waals surface area contributed by atoms with Crippen LogP contribution in [0, 0.1) is 13.8 Å². The zero-order chi connectivity index (χ0) is 16.1. The number of hydrazone groups is 1. The van der Waals surface area contributed by atoms with Gasteiger partial charge in [-0.25, -0.2) is 0 Å². The summed E-state index contributed by atoms with van der Waals surface area (Å²) in [7, 11) is 0. The van der Waals surface area contributed by atoms with Gasteiger partial charge in [-0.1, -0.05) is 59.7 Å². The summed E-state index contributed by atoms with van der Waals surface area (Å²) >= 11 is 0. The number of piperazine rings is 1. The second kappa shape index (κ2) is 7.42. The van der Waals surface area contributed by atoms with Gasteiger partial charge >= 0.3 is 0 Å². The van der Waals surface area contributed by atoms with Crippen LogP contribution in [0.15, 0.2) is 53.6 Å². The molecule has 1 saturated heterocycles. The largest absolute Gasteiger partial charge is 0.295 e. The lowest BCUT2D eigenvalue weighted by Gasteiger charge is -2.33. The second-order valence-corrected chi connectivity index (χ2v) is 6.37. The molecular weight excluding hydrogens is 282 g/mol. The normalized spacial score (nSPS) is 16.2. The van der Waals surface area contributed by atoms with Crippen molar-refractivity contribution in [3.8, 4) is 0 Å². The molecule has 0 aromatic heterocycles. The Morgan fingerprint density at radius 2 is 1.39 bits per heavy atom. The van der Waals surface area contributed by atoms with Crippen molar-refractivity contribution < 1.29 is 0 Å². The smallest absolute Gasteiger partial charge is 0.0542 e. The maximum absolute atomic E-state index is 4.62. The van der Waals surface area contributed by atoms with E-state index in [2.05, 4.69) is 77.4 Å². The molecule has 0 spiro atoms. The van der Waals surface area contributed by atoms with E-state index in [4.69, 9.17) is 0 Å². The lowest BCUT2D eigenvalue weighted by atomic mass is 10.1. The van der Waals surface area contributed by atoms with E-state index in [1.54, 1.807) is 0 Å². The summed E-state index contributed by atoms with van der Waals surface area (Å²) in [6, 6.07) is 17.3. The lowest BCUT2D eigenvalue weighted by molar-refractivity contribution is 0.131. The van der Waals surface area contributed by atoms with Gasteiger partial charge in [0.1, 0.15) is 0 Å². The van der Waals surface area contributed by atoms with Gasteiger partial charge in [-0.2, -0.15) is 5.10 Å². The van der Waals surface area contributed by atoms with Crippen LogP contribution in [-0.4, -0.2) is 42.3 Å². The minimum atomic E-state index is 0.994. The average molecular weight is 307 g/mol. The Kier molecular flexibility index (Phi) is 5.09.